The zero-order chi connectivity index (χ0) is 20.8. The van der Waals surface area contributed by atoms with Crippen LogP contribution in [0.2, 0.25) is 0 Å². The van der Waals surface area contributed by atoms with Gasteiger partial charge in [0.15, 0.2) is 11.5 Å². The minimum atomic E-state index is -0.419. The first-order valence-corrected chi connectivity index (χ1v) is 10.1. The highest BCUT2D eigenvalue weighted by atomic mass is 79.9. The third kappa shape index (κ3) is 5.18. The summed E-state index contributed by atoms with van der Waals surface area (Å²) in [5, 5.41) is 26.0. The molecular formula is C18H16Br2N6O3. The Morgan fingerprint density at radius 3 is 2.79 bits per heavy atom. The summed E-state index contributed by atoms with van der Waals surface area (Å²) in [7, 11) is 0. The predicted octanol–water partition coefficient (Wildman–Crippen LogP) is 3.12. The minimum absolute atomic E-state index is 0.0219. The van der Waals surface area contributed by atoms with E-state index < -0.39 is 5.91 Å². The maximum absolute atomic E-state index is 12.1. The highest BCUT2D eigenvalue weighted by molar-refractivity contribution is 9.13. The molecule has 0 aliphatic heterocycles. The van der Waals surface area contributed by atoms with Gasteiger partial charge in [0.05, 0.1) is 17.3 Å². The van der Waals surface area contributed by atoms with Gasteiger partial charge >= 0.3 is 0 Å². The minimum Gasteiger partial charge on any atom is -0.503 e. The summed E-state index contributed by atoms with van der Waals surface area (Å²) in [5.74, 6) is 0.294. The fraction of sp³-hybridized carbons (Fsp3) is 0.167. The average molecular weight is 524 g/mol. The van der Waals surface area contributed by atoms with Gasteiger partial charge in [0.25, 0.3) is 5.91 Å². The van der Waals surface area contributed by atoms with Gasteiger partial charge in [-0.25, -0.2) is 5.43 Å². The summed E-state index contributed by atoms with van der Waals surface area (Å²) in [5.41, 5.74) is 3.81. The van der Waals surface area contributed by atoms with Gasteiger partial charge in [-0.05, 0) is 50.1 Å². The van der Waals surface area contributed by atoms with Crippen molar-refractivity contribution in [2.45, 2.75) is 13.5 Å². The summed E-state index contributed by atoms with van der Waals surface area (Å²) in [6, 6.07) is 10.9. The number of aromatic hydroxyl groups is 1. The van der Waals surface area contributed by atoms with E-state index in [1.54, 1.807) is 6.07 Å². The van der Waals surface area contributed by atoms with Crippen LogP contribution in [0, 0.1) is 0 Å². The molecule has 0 atom stereocenters. The van der Waals surface area contributed by atoms with Crippen molar-refractivity contribution < 1.29 is 14.6 Å². The van der Waals surface area contributed by atoms with Crippen LogP contribution in [0.25, 0.3) is 11.4 Å². The Morgan fingerprint density at radius 2 is 2.07 bits per heavy atom. The highest BCUT2D eigenvalue weighted by Gasteiger charge is 2.14. The number of tetrazole rings is 1. The molecule has 150 valence electrons. The number of halogens is 2. The summed E-state index contributed by atoms with van der Waals surface area (Å²) in [6.45, 7) is 2.07. The van der Waals surface area contributed by atoms with Crippen molar-refractivity contribution in [1.82, 2.24) is 25.6 Å². The number of phenols is 1. The van der Waals surface area contributed by atoms with Gasteiger partial charge in [-0.3, -0.25) is 4.79 Å². The monoisotopic (exact) mass is 522 g/mol. The molecule has 2 N–H and O–H groups in total. The lowest BCUT2D eigenvalue weighted by atomic mass is 10.2. The lowest BCUT2D eigenvalue weighted by molar-refractivity contribution is -0.122. The summed E-state index contributed by atoms with van der Waals surface area (Å²) < 4.78 is 6.38. The van der Waals surface area contributed by atoms with Crippen molar-refractivity contribution in [3.63, 3.8) is 0 Å². The van der Waals surface area contributed by atoms with Crippen molar-refractivity contribution in [3.05, 3.63) is 50.9 Å². The Hall–Kier alpha value is -2.79. The normalized spacial score (nSPS) is 11.0. The number of hydrazone groups is 1. The van der Waals surface area contributed by atoms with Crippen LogP contribution in [0.15, 0.2) is 50.4 Å². The summed E-state index contributed by atoms with van der Waals surface area (Å²) in [6.07, 6.45) is 1.43. The van der Waals surface area contributed by atoms with Crippen molar-refractivity contribution >= 4 is 44.0 Å². The van der Waals surface area contributed by atoms with Crippen LogP contribution < -0.4 is 10.2 Å². The number of amides is 1. The number of aromatic nitrogens is 4. The number of ether oxygens (including phenoxy) is 1. The zero-order valence-electron chi connectivity index (χ0n) is 15.2. The first kappa shape index (κ1) is 20.9. The third-order valence-corrected chi connectivity index (χ3v) is 5.80. The van der Waals surface area contributed by atoms with E-state index in [4.69, 9.17) is 4.74 Å². The highest BCUT2D eigenvalue weighted by Crippen LogP contribution is 2.41. The lowest BCUT2D eigenvalue weighted by Crippen LogP contribution is -2.24. The van der Waals surface area contributed by atoms with Crippen molar-refractivity contribution in [1.29, 1.82) is 0 Å². The largest absolute Gasteiger partial charge is 0.503 e. The van der Waals surface area contributed by atoms with Gasteiger partial charge in [0.1, 0.15) is 6.54 Å². The number of carbonyl (C=O) groups excluding carboxylic acids is 1. The lowest BCUT2D eigenvalue weighted by Gasteiger charge is -2.10. The van der Waals surface area contributed by atoms with Crippen LogP contribution in [0.5, 0.6) is 11.5 Å². The van der Waals surface area contributed by atoms with Gasteiger partial charge in [-0.15, -0.1) is 10.2 Å². The fourth-order valence-electron chi connectivity index (χ4n) is 2.32. The second kappa shape index (κ2) is 9.61. The van der Waals surface area contributed by atoms with E-state index in [0.29, 0.717) is 32.7 Å². The maximum atomic E-state index is 12.1. The standard InChI is InChI=1S/C18H16Br2N6O3/c1-2-29-13-8-12(15(19)16(20)17(13)28)9-21-22-14(27)10-26-24-18(23-25-26)11-6-4-3-5-7-11/h3-9,28H,2,10H2,1H3,(H,22,27)/b21-9+. The molecule has 1 amide bonds. The predicted molar refractivity (Wildman–Crippen MR) is 114 cm³/mol. The first-order chi connectivity index (χ1) is 14.0. The molecule has 11 heteroatoms. The van der Waals surface area contributed by atoms with Gasteiger partial charge in [-0.1, -0.05) is 30.3 Å². The molecule has 1 heterocycles. The van der Waals surface area contributed by atoms with E-state index >= 15 is 0 Å². The van der Waals surface area contributed by atoms with E-state index in [1.807, 2.05) is 37.3 Å². The van der Waals surface area contributed by atoms with Crippen molar-refractivity contribution in [2.75, 3.05) is 6.61 Å². The fourth-order valence-corrected chi connectivity index (χ4v) is 3.15. The molecule has 0 spiro atoms. The molecule has 9 nitrogen and oxygen atoms in total. The van der Waals surface area contributed by atoms with Crippen LogP contribution in [0.1, 0.15) is 12.5 Å². The van der Waals surface area contributed by atoms with Gasteiger partial charge in [0.2, 0.25) is 5.82 Å². The molecule has 0 saturated carbocycles. The molecule has 2 aromatic carbocycles. The van der Waals surface area contributed by atoms with E-state index in [-0.39, 0.29) is 12.3 Å². The molecule has 0 aliphatic carbocycles. The number of rotatable bonds is 7. The molecule has 0 bridgehead atoms. The third-order valence-electron chi connectivity index (χ3n) is 3.64. The number of carbonyl (C=O) groups is 1. The maximum Gasteiger partial charge on any atom is 0.263 e. The molecule has 3 rings (SSSR count). The Kier molecular flexibility index (Phi) is 6.94. The van der Waals surface area contributed by atoms with Crippen LogP contribution in [-0.4, -0.2) is 44.0 Å². The molecular weight excluding hydrogens is 508 g/mol. The van der Waals surface area contributed by atoms with E-state index in [1.165, 1.54) is 11.0 Å². The quantitative estimate of drug-likeness (QED) is 0.363. The van der Waals surface area contributed by atoms with Crippen LogP contribution >= 0.6 is 31.9 Å². The summed E-state index contributed by atoms with van der Waals surface area (Å²) in [4.78, 5) is 13.3. The number of nitrogens with zero attached hydrogens (tertiary/aromatic N) is 5. The molecule has 0 radical (unpaired) electrons. The van der Waals surface area contributed by atoms with Gasteiger partial charge < -0.3 is 9.84 Å². The average Bonchev–Trinajstić information content (AvgIpc) is 3.19. The number of nitrogens with one attached hydrogen (secondary N) is 1. The van der Waals surface area contributed by atoms with Gasteiger partial charge in [0, 0.05) is 15.6 Å². The van der Waals surface area contributed by atoms with Crippen molar-refractivity contribution in [3.8, 4) is 22.9 Å². The van der Waals surface area contributed by atoms with E-state index in [0.717, 1.165) is 5.56 Å². The molecule has 0 aliphatic rings. The smallest absolute Gasteiger partial charge is 0.263 e. The number of phenolic OH excluding ortho intramolecular Hbond substituents is 1. The second-order valence-electron chi connectivity index (χ2n) is 5.68. The van der Waals surface area contributed by atoms with Crippen LogP contribution in [0.3, 0.4) is 0 Å². The van der Waals surface area contributed by atoms with E-state index in [9.17, 15) is 9.90 Å². The summed E-state index contributed by atoms with van der Waals surface area (Å²) >= 11 is 6.65. The number of benzene rings is 2. The van der Waals surface area contributed by atoms with Crippen molar-refractivity contribution in [2.24, 2.45) is 5.10 Å². The molecule has 1 aromatic heterocycles. The number of hydrogen-bond acceptors (Lipinski definition) is 7. The Balaban J connectivity index is 1.64. The number of hydrogen-bond donors (Lipinski definition) is 2. The molecule has 0 unspecified atom stereocenters. The van der Waals surface area contributed by atoms with Crippen LogP contribution in [0.4, 0.5) is 0 Å². The van der Waals surface area contributed by atoms with Gasteiger partial charge in [-0.2, -0.15) is 9.90 Å². The van der Waals surface area contributed by atoms with E-state index in [2.05, 4.69) is 57.8 Å². The topological polar surface area (TPSA) is 115 Å². The first-order valence-electron chi connectivity index (χ1n) is 8.48. The SMILES string of the molecule is CCOc1cc(/C=N/NC(=O)Cn2nnc(-c3ccccc3)n2)c(Br)c(Br)c1O. The Morgan fingerprint density at radius 1 is 1.31 bits per heavy atom. The van der Waals surface area contributed by atoms with Crippen LogP contribution in [-0.2, 0) is 11.3 Å². The second-order valence-corrected chi connectivity index (χ2v) is 7.26. The molecule has 3 aromatic rings. The molecule has 0 fully saturated rings. The Labute approximate surface area is 183 Å². The Bertz CT molecular complexity index is 1040. The molecule has 0 saturated heterocycles. The zero-order valence-corrected chi connectivity index (χ0v) is 18.4. The molecule has 29 heavy (non-hydrogen) atoms.